The van der Waals surface area contributed by atoms with Crippen LogP contribution in [0.2, 0.25) is 0 Å². The topological polar surface area (TPSA) is 77.8 Å². The molecule has 3 heterocycles. The quantitative estimate of drug-likeness (QED) is 0.550. The molecule has 1 aliphatic heterocycles. The number of allylic oxidation sites excluding steroid dienone is 3. The Kier molecular flexibility index (Phi) is 5.92. The molecule has 1 aliphatic carbocycles. The molecule has 6 nitrogen and oxygen atoms in total. The lowest BCUT2D eigenvalue weighted by Crippen LogP contribution is -2.36. The number of methoxy groups -OCH3 is 1. The summed E-state index contributed by atoms with van der Waals surface area (Å²) in [4.78, 5) is 27.5. The number of esters is 1. The summed E-state index contributed by atoms with van der Waals surface area (Å²) in [6.07, 6.45) is 1.14. The Morgan fingerprint density at radius 2 is 2.07 bits per heavy atom. The highest BCUT2D eigenvalue weighted by molar-refractivity contribution is 7.10. The van der Waals surface area contributed by atoms with Crippen LogP contribution in [0.5, 0.6) is 0 Å². The van der Waals surface area contributed by atoms with Crippen LogP contribution in [-0.2, 0) is 19.1 Å². The molecule has 0 aromatic carbocycles. The average molecular weight is 428 g/mol. The van der Waals surface area contributed by atoms with Gasteiger partial charge >= 0.3 is 5.97 Å². The van der Waals surface area contributed by atoms with Gasteiger partial charge in [-0.05, 0) is 43.8 Å². The number of rotatable bonds is 6. The highest BCUT2D eigenvalue weighted by Gasteiger charge is 2.42. The van der Waals surface area contributed by atoms with Crippen molar-refractivity contribution < 1.29 is 23.5 Å². The number of hydrogen-bond donors (Lipinski definition) is 1. The first-order chi connectivity index (χ1) is 14.5. The fourth-order valence-electron chi connectivity index (χ4n) is 4.22. The molecule has 158 valence electrons. The molecule has 0 amide bonds. The highest BCUT2D eigenvalue weighted by atomic mass is 32.1. The number of thiophene rings is 1. The standard InChI is InChI=1S/C23H25NO5S/c1-13-6-7-18(29-13)22-20(23(26)28-9-8-27-3)14(2)24-16-11-15(12-17(25)21(16)22)19-5-4-10-30-19/h4-7,10,15,22,24H,8-9,11-12H2,1-3H3/t15-,22-/m0/s1. The number of aryl methyl sites for hydroxylation is 1. The van der Waals surface area contributed by atoms with E-state index in [4.69, 9.17) is 13.9 Å². The van der Waals surface area contributed by atoms with Crippen LogP contribution in [0, 0.1) is 6.92 Å². The molecule has 4 rings (SSSR count). The van der Waals surface area contributed by atoms with Crippen molar-refractivity contribution in [1.82, 2.24) is 5.32 Å². The van der Waals surface area contributed by atoms with E-state index in [9.17, 15) is 9.59 Å². The lowest BCUT2D eigenvalue weighted by Gasteiger charge is -2.35. The molecule has 0 radical (unpaired) electrons. The number of carbonyl (C=O) groups is 2. The molecule has 0 fully saturated rings. The molecule has 0 saturated carbocycles. The molecule has 30 heavy (non-hydrogen) atoms. The van der Waals surface area contributed by atoms with Crippen molar-refractivity contribution in [3.05, 3.63) is 68.6 Å². The van der Waals surface area contributed by atoms with Crippen molar-refractivity contribution >= 4 is 23.1 Å². The Balaban J connectivity index is 1.73. The first-order valence-electron chi connectivity index (χ1n) is 9.99. The third-order valence-electron chi connectivity index (χ3n) is 5.56. The van der Waals surface area contributed by atoms with Crippen LogP contribution in [0.25, 0.3) is 0 Å². The van der Waals surface area contributed by atoms with E-state index < -0.39 is 11.9 Å². The van der Waals surface area contributed by atoms with Crippen LogP contribution in [0.3, 0.4) is 0 Å². The van der Waals surface area contributed by atoms with Gasteiger partial charge in [0, 0.05) is 41.3 Å². The maximum Gasteiger partial charge on any atom is 0.336 e. The van der Waals surface area contributed by atoms with Gasteiger partial charge in [0.2, 0.25) is 0 Å². The minimum atomic E-state index is -0.568. The number of nitrogens with one attached hydrogen (secondary N) is 1. The molecule has 0 spiro atoms. The fraction of sp³-hybridized carbons (Fsp3) is 0.391. The molecule has 2 atom stereocenters. The van der Waals surface area contributed by atoms with Gasteiger partial charge < -0.3 is 19.2 Å². The minimum absolute atomic E-state index is 0.0379. The van der Waals surface area contributed by atoms with Gasteiger partial charge in [-0.25, -0.2) is 4.79 Å². The van der Waals surface area contributed by atoms with Gasteiger partial charge in [0.25, 0.3) is 0 Å². The predicted molar refractivity (Wildman–Crippen MR) is 113 cm³/mol. The molecule has 2 aliphatic rings. The Morgan fingerprint density at radius 1 is 1.23 bits per heavy atom. The summed E-state index contributed by atoms with van der Waals surface area (Å²) >= 11 is 1.67. The first kappa shape index (κ1) is 20.6. The van der Waals surface area contributed by atoms with Crippen LogP contribution < -0.4 is 5.32 Å². The maximum absolute atomic E-state index is 13.3. The molecule has 2 aromatic rings. The van der Waals surface area contributed by atoms with Gasteiger partial charge in [-0.3, -0.25) is 4.79 Å². The second-order valence-corrected chi connectivity index (χ2v) is 8.59. The smallest absolute Gasteiger partial charge is 0.336 e. The van der Waals surface area contributed by atoms with Gasteiger partial charge in [-0.1, -0.05) is 6.07 Å². The van der Waals surface area contributed by atoms with E-state index >= 15 is 0 Å². The van der Waals surface area contributed by atoms with Crippen LogP contribution in [0.4, 0.5) is 0 Å². The highest BCUT2D eigenvalue weighted by Crippen LogP contribution is 2.46. The lowest BCUT2D eigenvalue weighted by molar-refractivity contribution is -0.140. The number of ketones is 1. The normalized spacial score (nSPS) is 21.5. The molecule has 0 unspecified atom stereocenters. The first-order valence-corrected chi connectivity index (χ1v) is 10.9. The number of ether oxygens (including phenoxy) is 2. The summed E-state index contributed by atoms with van der Waals surface area (Å²) in [5.41, 5.74) is 2.59. The van der Waals surface area contributed by atoms with Crippen molar-refractivity contribution in [2.24, 2.45) is 0 Å². The Bertz CT molecular complexity index is 1010. The number of carbonyl (C=O) groups excluding carboxylic acids is 2. The zero-order valence-corrected chi connectivity index (χ0v) is 18.1. The van der Waals surface area contributed by atoms with Gasteiger partial charge in [0.15, 0.2) is 5.78 Å². The SMILES string of the molecule is COCCOC(=O)C1=C(C)NC2=C(C(=O)C[C@@H](c3cccs3)C2)[C@H]1c1ccc(C)o1. The minimum Gasteiger partial charge on any atom is -0.465 e. The van der Waals surface area contributed by atoms with Crippen LogP contribution >= 0.6 is 11.3 Å². The number of dihydropyridines is 1. The van der Waals surface area contributed by atoms with E-state index in [0.29, 0.717) is 35.6 Å². The fourth-order valence-corrected chi connectivity index (χ4v) is 5.05. The average Bonchev–Trinajstić information content (AvgIpc) is 3.38. The van der Waals surface area contributed by atoms with Crippen LogP contribution in [0.1, 0.15) is 48.0 Å². The van der Waals surface area contributed by atoms with E-state index in [0.717, 1.165) is 17.9 Å². The zero-order valence-electron chi connectivity index (χ0n) is 17.3. The van der Waals surface area contributed by atoms with E-state index in [1.54, 1.807) is 18.4 Å². The molecular weight excluding hydrogens is 402 g/mol. The summed E-state index contributed by atoms with van der Waals surface area (Å²) in [6.45, 7) is 4.16. The molecular formula is C23H25NO5S. The molecule has 0 saturated heterocycles. The van der Waals surface area contributed by atoms with Crippen molar-refractivity contribution in [2.45, 2.75) is 38.5 Å². The van der Waals surface area contributed by atoms with Crippen LogP contribution in [0.15, 0.2) is 56.6 Å². The lowest BCUT2D eigenvalue weighted by atomic mass is 9.74. The number of hydrogen-bond acceptors (Lipinski definition) is 7. The zero-order chi connectivity index (χ0) is 21.3. The van der Waals surface area contributed by atoms with Gasteiger partial charge in [0.05, 0.1) is 18.1 Å². The second kappa shape index (κ2) is 8.62. The van der Waals surface area contributed by atoms with Gasteiger partial charge in [0.1, 0.15) is 18.1 Å². The largest absolute Gasteiger partial charge is 0.465 e. The summed E-state index contributed by atoms with van der Waals surface area (Å²) in [5.74, 6) is 0.469. The maximum atomic E-state index is 13.3. The molecule has 1 N–H and O–H groups in total. The number of Topliss-reactive ketones (excluding diaryl/α,β-unsaturated/α-hetero) is 1. The molecule has 0 bridgehead atoms. The Morgan fingerprint density at radius 3 is 2.73 bits per heavy atom. The van der Waals surface area contributed by atoms with Crippen molar-refractivity contribution in [2.75, 3.05) is 20.3 Å². The Hall–Kier alpha value is -2.64. The summed E-state index contributed by atoms with van der Waals surface area (Å²) in [5, 5.41) is 5.37. The van der Waals surface area contributed by atoms with E-state index in [2.05, 4.69) is 11.4 Å². The van der Waals surface area contributed by atoms with E-state index in [-0.39, 0.29) is 18.3 Å². The summed E-state index contributed by atoms with van der Waals surface area (Å²) in [6, 6.07) is 7.77. The summed E-state index contributed by atoms with van der Waals surface area (Å²) in [7, 11) is 1.55. The third-order valence-corrected chi connectivity index (χ3v) is 6.59. The summed E-state index contributed by atoms with van der Waals surface area (Å²) < 4.78 is 16.3. The van der Waals surface area contributed by atoms with Crippen LogP contribution in [-0.4, -0.2) is 32.1 Å². The third kappa shape index (κ3) is 3.87. The van der Waals surface area contributed by atoms with E-state index in [1.165, 1.54) is 4.88 Å². The molecule has 2 aromatic heterocycles. The van der Waals surface area contributed by atoms with Crippen molar-refractivity contribution in [3.8, 4) is 0 Å². The Labute approximate surface area is 179 Å². The van der Waals surface area contributed by atoms with Gasteiger partial charge in [-0.2, -0.15) is 0 Å². The second-order valence-electron chi connectivity index (χ2n) is 7.61. The van der Waals surface area contributed by atoms with Crippen molar-refractivity contribution in [1.29, 1.82) is 0 Å². The number of furan rings is 1. The van der Waals surface area contributed by atoms with E-state index in [1.807, 2.05) is 37.4 Å². The van der Waals surface area contributed by atoms with Crippen molar-refractivity contribution in [3.63, 3.8) is 0 Å². The van der Waals surface area contributed by atoms with Gasteiger partial charge in [-0.15, -0.1) is 11.3 Å². The monoisotopic (exact) mass is 427 g/mol. The molecule has 7 heteroatoms. The predicted octanol–water partition coefficient (Wildman–Crippen LogP) is 4.20.